The second-order valence-corrected chi connectivity index (χ2v) is 7.34. The van der Waals surface area contributed by atoms with Gasteiger partial charge in [-0.15, -0.1) is 0 Å². The van der Waals surface area contributed by atoms with Gasteiger partial charge in [-0.1, -0.05) is 0 Å². The van der Waals surface area contributed by atoms with Gasteiger partial charge in [-0.25, -0.2) is 18.1 Å². The van der Waals surface area contributed by atoms with E-state index < -0.39 is 10.0 Å². The maximum Gasteiger partial charge on any atom is 0.224 e. The third kappa shape index (κ3) is 5.32. The molecule has 1 aliphatic heterocycles. The summed E-state index contributed by atoms with van der Waals surface area (Å²) in [6, 6.07) is 1.86. The lowest BCUT2D eigenvalue weighted by Gasteiger charge is -2.35. The van der Waals surface area contributed by atoms with Crippen LogP contribution in [0.15, 0.2) is 6.07 Å². The lowest BCUT2D eigenvalue weighted by molar-refractivity contribution is -0.131. The zero-order chi connectivity index (χ0) is 17.0. The Bertz CT molecular complexity index is 650. The summed E-state index contributed by atoms with van der Waals surface area (Å²) in [4.78, 5) is 24.1. The predicted octanol–water partition coefficient (Wildman–Crippen LogP) is -1.04. The summed E-state index contributed by atoms with van der Waals surface area (Å²) >= 11 is 0. The van der Waals surface area contributed by atoms with Crippen molar-refractivity contribution < 1.29 is 13.2 Å². The molecule has 128 valence electrons. The molecule has 1 saturated heterocycles. The molecule has 1 amide bonds. The van der Waals surface area contributed by atoms with Crippen LogP contribution in [0.1, 0.15) is 12.1 Å². The van der Waals surface area contributed by atoms with Crippen LogP contribution in [0.4, 0.5) is 11.8 Å². The molecule has 1 aromatic rings. The van der Waals surface area contributed by atoms with Crippen molar-refractivity contribution in [1.29, 1.82) is 0 Å². The van der Waals surface area contributed by atoms with Crippen LogP contribution in [0.3, 0.4) is 0 Å². The standard InChI is InChI=1S/C13H22N6O3S/c1-10-9-11(17-13(14)16-10)18-5-7-19(8-6-18)12(20)3-4-15-23(2,21)22/h9,15H,3-8H2,1-2H3,(H2,14,16,17). The number of carbonyl (C=O) groups excluding carboxylic acids is 1. The normalized spacial score (nSPS) is 15.7. The van der Waals surface area contributed by atoms with Crippen LogP contribution in [0.2, 0.25) is 0 Å². The number of nitrogen functional groups attached to an aromatic ring is 1. The molecule has 0 radical (unpaired) electrons. The van der Waals surface area contributed by atoms with Crippen LogP contribution in [-0.4, -0.2) is 68.2 Å². The Hall–Kier alpha value is -1.94. The van der Waals surface area contributed by atoms with E-state index in [1.807, 2.05) is 13.0 Å². The van der Waals surface area contributed by atoms with Crippen LogP contribution in [0, 0.1) is 6.92 Å². The van der Waals surface area contributed by atoms with Gasteiger partial charge in [-0.3, -0.25) is 4.79 Å². The molecule has 0 saturated carbocycles. The van der Waals surface area contributed by atoms with Crippen LogP contribution in [0.25, 0.3) is 0 Å². The molecule has 1 fully saturated rings. The van der Waals surface area contributed by atoms with Gasteiger partial charge in [0.2, 0.25) is 21.9 Å². The van der Waals surface area contributed by atoms with Gasteiger partial charge in [0.1, 0.15) is 5.82 Å². The molecule has 23 heavy (non-hydrogen) atoms. The minimum Gasteiger partial charge on any atom is -0.368 e. The second kappa shape index (κ2) is 7.09. The molecular weight excluding hydrogens is 320 g/mol. The predicted molar refractivity (Wildman–Crippen MR) is 87.4 cm³/mol. The molecule has 0 unspecified atom stereocenters. The molecule has 3 N–H and O–H groups in total. The Morgan fingerprint density at radius 3 is 2.52 bits per heavy atom. The first kappa shape index (κ1) is 17.4. The van der Waals surface area contributed by atoms with Gasteiger partial charge >= 0.3 is 0 Å². The van der Waals surface area contributed by atoms with E-state index in [1.54, 1.807) is 4.90 Å². The van der Waals surface area contributed by atoms with Crippen LogP contribution < -0.4 is 15.4 Å². The summed E-state index contributed by atoms with van der Waals surface area (Å²) < 4.78 is 24.3. The number of hydrogen-bond donors (Lipinski definition) is 2. The molecule has 1 aromatic heterocycles. The number of anilines is 2. The summed E-state index contributed by atoms with van der Waals surface area (Å²) in [5.41, 5.74) is 6.47. The monoisotopic (exact) mass is 342 g/mol. The number of nitrogens with zero attached hydrogens (tertiary/aromatic N) is 4. The molecule has 2 rings (SSSR count). The van der Waals surface area contributed by atoms with Crippen molar-refractivity contribution in [3.63, 3.8) is 0 Å². The van der Waals surface area contributed by atoms with E-state index >= 15 is 0 Å². The summed E-state index contributed by atoms with van der Waals surface area (Å²) in [5.74, 6) is 0.949. The van der Waals surface area contributed by atoms with E-state index in [4.69, 9.17) is 5.73 Å². The zero-order valence-corrected chi connectivity index (χ0v) is 14.1. The van der Waals surface area contributed by atoms with Crippen LogP contribution in [-0.2, 0) is 14.8 Å². The largest absolute Gasteiger partial charge is 0.368 e. The molecule has 0 spiro atoms. The summed E-state index contributed by atoms with van der Waals surface area (Å²) in [5, 5.41) is 0. The number of aryl methyl sites for hydroxylation is 1. The van der Waals surface area contributed by atoms with Gasteiger partial charge in [0.15, 0.2) is 0 Å². The minimum absolute atomic E-state index is 0.0563. The summed E-state index contributed by atoms with van der Waals surface area (Å²) in [7, 11) is -3.26. The number of piperazine rings is 1. The SMILES string of the molecule is Cc1cc(N2CCN(C(=O)CCNS(C)(=O)=O)CC2)nc(N)n1. The topological polar surface area (TPSA) is 122 Å². The van der Waals surface area contributed by atoms with Gasteiger partial charge in [-0.05, 0) is 6.92 Å². The Kier molecular flexibility index (Phi) is 5.37. The van der Waals surface area contributed by atoms with Crippen molar-refractivity contribution in [3.8, 4) is 0 Å². The number of rotatable bonds is 5. The number of aromatic nitrogens is 2. The fraction of sp³-hybridized carbons (Fsp3) is 0.615. The highest BCUT2D eigenvalue weighted by Crippen LogP contribution is 2.16. The first-order valence-corrected chi connectivity index (χ1v) is 9.22. The smallest absolute Gasteiger partial charge is 0.224 e. The average molecular weight is 342 g/mol. The molecule has 1 aliphatic rings. The maximum atomic E-state index is 12.1. The fourth-order valence-corrected chi connectivity index (χ4v) is 2.90. The summed E-state index contributed by atoms with van der Waals surface area (Å²) in [6.07, 6.45) is 1.23. The second-order valence-electron chi connectivity index (χ2n) is 5.51. The first-order valence-electron chi connectivity index (χ1n) is 7.33. The van der Waals surface area contributed by atoms with Crippen molar-refractivity contribution in [2.75, 3.05) is 49.6 Å². The van der Waals surface area contributed by atoms with E-state index in [0.29, 0.717) is 26.2 Å². The van der Waals surface area contributed by atoms with Gasteiger partial charge in [-0.2, -0.15) is 4.98 Å². The third-order valence-electron chi connectivity index (χ3n) is 3.52. The first-order chi connectivity index (χ1) is 10.7. The zero-order valence-electron chi connectivity index (χ0n) is 13.3. The van der Waals surface area contributed by atoms with Gasteiger partial charge in [0, 0.05) is 50.9 Å². The molecule has 0 aliphatic carbocycles. The van der Waals surface area contributed by atoms with Gasteiger partial charge < -0.3 is 15.5 Å². The van der Waals surface area contributed by atoms with Crippen molar-refractivity contribution >= 4 is 27.7 Å². The molecule has 0 atom stereocenters. The molecule has 2 heterocycles. The fourth-order valence-electron chi connectivity index (χ4n) is 2.42. The van der Waals surface area contributed by atoms with Crippen LogP contribution >= 0.6 is 0 Å². The van der Waals surface area contributed by atoms with E-state index in [-0.39, 0.29) is 24.8 Å². The summed E-state index contributed by atoms with van der Waals surface area (Å²) in [6.45, 7) is 4.43. The minimum atomic E-state index is -3.26. The third-order valence-corrected chi connectivity index (χ3v) is 4.25. The number of nitrogens with two attached hydrogens (primary N) is 1. The molecular formula is C13H22N6O3S. The number of hydrogen-bond acceptors (Lipinski definition) is 7. The van der Waals surface area contributed by atoms with Crippen LogP contribution in [0.5, 0.6) is 0 Å². The van der Waals surface area contributed by atoms with Gasteiger partial charge in [0.25, 0.3) is 0 Å². The van der Waals surface area contributed by atoms with E-state index in [9.17, 15) is 13.2 Å². The van der Waals surface area contributed by atoms with E-state index in [0.717, 1.165) is 17.8 Å². The van der Waals surface area contributed by atoms with E-state index in [1.165, 1.54) is 0 Å². The van der Waals surface area contributed by atoms with Crippen molar-refractivity contribution in [2.45, 2.75) is 13.3 Å². The van der Waals surface area contributed by atoms with E-state index in [2.05, 4.69) is 19.6 Å². The quantitative estimate of drug-likeness (QED) is 0.700. The number of amides is 1. The Balaban J connectivity index is 1.84. The van der Waals surface area contributed by atoms with Crippen molar-refractivity contribution in [3.05, 3.63) is 11.8 Å². The Labute approximate surface area is 135 Å². The lowest BCUT2D eigenvalue weighted by Crippen LogP contribution is -2.49. The number of carbonyl (C=O) groups is 1. The highest BCUT2D eigenvalue weighted by atomic mass is 32.2. The lowest BCUT2D eigenvalue weighted by atomic mass is 10.2. The molecule has 0 aromatic carbocycles. The number of sulfonamides is 1. The Morgan fingerprint density at radius 1 is 1.30 bits per heavy atom. The van der Waals surface area contributed by atoms with Crippen molar-refractivity contribution in [1.82, 2.24) is 19.6 Å². The van der Waals surface area contributed by atoms with Crippen molar-refractivity contribution in [2.24, 2.45) is 0 Å². The molecule has 9 nitrogen and oxygen atoms in total. The van der Waals surface area contributed by atoms with Gasteiger partial charge in [0.05, 0.1) is 6.26 Å². The highest BCUT2D eigenvalue weighted by molar-refractivity contribution is 7.88. The molecule has 10 heteroatoms. The molecule has 0 bridgehead atoms. The number of nitrogens with one attached hydrogen (secondary N) is 1. The Morgan fingerprint density at radius 2 is 1.96 bits per heavy atom. The highest BCUT2D eigenvalue weighted by Gasteiger charge is 2.22. The average Bonchev–Trinajstić information content (AvgIpc) is 2.45. The maximum absolute atomic E-state index is 12.1.